The van der Waals surface area contributed by atoms with Crippen molar-refractivity contribution in [1.82, 2.24) is 10.5 Å². The Kier molecular flexibility index (Phi) is 2.48. The smallest absolute Gasteiger partial charge is 0.167 e. The molecule has 4 heteroatoms. The molecule has 1 heterocycles. The van der Waals surface area contributed by atoms with Crippen molar-refractivity contribution < 1.29 is 4.52 Å². The van der Waals surface area contributed by atoms with E-state index < -0.39 is 0 Å². The molecule has 0 aromatic carbocycles. The van der Waals surface area contributed by atoms with E-state index in [2.05, 4.69) is 24.3 Å². The highest BCUT2D eigenvalue weighted by molar-refractivity contribution is 5.26. The molecule has 0 amide bonds. The van der Waals surface area contributed by atoms with Crippen LogP contribution >= 0.6 is 0 Å². The van der Waals surface area contributed by atoms with E-state index in [-0.39, 0.29) is 0 Å². The second kappa shape index (κ2) is 3.39. The summed E-state index contributed by atoms with van der Waals surface area (Å²) in [6.07, 6.45) is 0. The summed E-state index contributed by atoms with van der Waals surface area (Å²) in [6, 6.07) is 2.16. The minimum atomic E-state index is 0.436. The molecule has 0 bridgehead atoms. The summed E-state index contributed by atoms with van der Waals surface area (Å²) in [7, 11) is 0. The van der Waals surface area contributed by atoms with Gasteiger partial charge in [0.15, 0.2) is 11.6 Å². The third-order valence-electron chi connectivity index (χ3n) is 1.26. The lowest BCUT2D eigenvalue weighted by Gasteiger charge is -2.03. The van der Waals surface area contributed by atoms with E-state index >= 15 is 0 Å². The van der Waals surface area contributed by atoms with Gasteiger partial charge in [-0.05, 0) is 0 Å². The maximum Gasteiger partial charge on any atom is 0.167 e. The van der Waals surface area contributed by atoms with Crippen LogP contribution in [0.2, 0.25) is 0 Å². The first-order chi connectivity index (χ1) is 5.18. The van der Waals surface area contributed by atoms with Crippen molar-refractivity contribution in [2.75, 3.05) is 5.73 Å². The Hall–Kier alpha value is -1.03. The highest BCUT2D eigenvalue weighted by Crippen LogP contribution is 2.03. The van der Waals surface area contributed by atoms with Crippen molar-refractivity contribution in [2.45, 2.75) is 26.4 Å². The van der Waals surface area contributed by atoms with Gasteiger partial charge in [0.25, 0.3) is 0 Å². The van der Waals surface area contributed by atoms with Gasteiger partial charge in [0, 0.05) is 12.1 Å². The van der Waals surface area contributed by atoms with Gasteiger partial charge in [-0.25, -0.2) is 0 Å². The Labute approximate surface area is 65.7 Å². The van der Waals surface area contributed by atoms with Crippen molar-refractivity contribution in [3.63, 3.8) is 0 Å². The van der Waals surface area contributed by atoms with Crippen LogP contribution in [0.5, 0.6) is 0 Å². The number of nitrogens with zero attached hydrogens (tertiary/aromatic N) is 1. The minimum Gasteiger partial charge on any atom is -0.381 e. The van der Waals surface area contributed by atoms with Crippen LogP contribution in [0.4, 0.5) is 5.82 Å². The average molecular weight is 155 g/mol. The summed E-state index contributed by atoms with van der Waals surface area (Å²) in [5.41, 5.74) is 5.35. The molecule has 0 spiro atoms. The van der Waals surface area contributed by atoms with E-state index in [1.807, 2.05) is 0 Å². The number of hydrogen-bond donors (Lipinski definition) is 2. The van der Waals surface area contributed by atoms with Gasteiger partial charge in [0.05, 0.1) is 6.54 Å². The number of hydrogen-bond acceptors (Lipinski definition) is 4. The Morgan fingerprint density at radius 2 is 2.45 bits per heavy atom. The molecule has 0 unspecified atom stereocenters. The zero-order valence-corrected chi connectivity index (χ0v) is 6.79. The normalized spacial score (nSPS) is 10.8. The van der Waals surface area contributed by atoms with Gasteiger partial charge in [-0.2, -0.15) is 0 Å². The lowest BCUT2D eigenvalue weighted by molar-refractivity contribution is 0.370. The van der Waals surface area contributed by atoms with Crippen LogP contribution in [0, 0.1) is 0 Å². The monoisotopic (exact) mass is 155 g/mol. The fourth-order valence-electron chi connectivity index (χ4n) is 0.717. The highest BCUT2D eigenvalue weighted by atomic mass is 16.5. The van der Waals surface area contributed by atoms with Crippen LogP contribution in [0.3, 0.4) is 0 Å². The van der Waals surface area contributed by atoms with E-state index in [9.17, 15) is 0 Å². The van der Waals surface area contributed by atoms with E-state index in [4.69, 9.17) is 10.3 Å². The average Bonchev–Trinajstić information content (AvgIpc) is 2.31. The zero-order valence-electron chi connectivity index (χ0n) is 6.79. The summed E-state index contributed by atoms with van der Waals surface area (Å²) in [5, 5.41) is 6.74. The summed E-state index contributed by atoms with van der Waals surface area (Å²) < 4.78 is 4.88. The lowest BCUT2D eigenvalue weighted by Crippen LogP contribution is -2.21. The fraction of sp³-hybridized carbons (Fsp3) is 0.571. The van der Waals surface area contributed by atoms with Crippen molar-refractivity contribution in [2.24, 2.45) is 0 Å². The molecular formula is C7H13N3O. The van der Waals surface area contributed by atoms with E-state index in [0.29, 0.717) is 18.4 Å². The molecule has 62 valence electrons. The molecule has 1 aromatic heterocycles. The first kappa shape index (κ1) is 8.07. The van der Waals surface area contributed by atoms with Crippen molar-refractivity contribution in [3.05, 3.63) is 11.8 Å². The fourth-order valence-corrected chi connectivity index (χ4v) is 0.717. The molecule has 0 fully saturated rings. The van der Waals surface area contributed by atoms with Gasteiger partial charge in [0.2, 0.25) is 0 Å². The summed E-state index contributed by atoms with van der Waals surface area (Å²) in [4.78, 5) is 0. The summed E-state index contributed by atoms with van der Waals surface area (Å²) >= 11 is 0. The Morgan fingerprint density at radius 3 is 2.91 bits per heavy atom. The van der Waals surface area contributed by atoms with E-state index in [1.54, 1.807) is 6.07 Å². The Balaban J connectivity index is 2.39. The summed E-state index contributed by atoms with van der Waals surface area (Å²) in [6.45, 7) is 4.82. The molecule has 3 N–H and O–H groups in total. The molecule has 0 radical (unpaired) electrons. The number of rotatable bonds is 3. The standard InChI is InChI=1S/C7H13N3O/c1-5(2)9-4-6-3-7(8)10-11-6/h3,5,9H,4H2,1-2H3,(H2,8,10). The minimum absolute atomic E-state index is 0.436. The summed E-state index contributed by atoms with van der Waals surface area (Å²) in [5.74, 6) is 1.21. The number of nitrogens with one attached hydrogen (secondary N) is 1. The molecule has 0 aliphatic rings. The maximum absolute atomic E-state index is 5.35. The quantitative estimate of drug-likeness (QED) is 0.676. The van der Waals surface area contributed by atoms with Gasteiger partial charge < -0.3 is 15.6 Å². The van der Waals surface area contributed by atoms with Crippen LogP contribution in [-0.4, -0.2) is 11.2 Å². The van der Waals surface area contributed by atoms with Gasteiger partial charge >= 0.3 is 0 Å². The van der Waals surface area contributed by atoms with Gasteiger partial charge in [0.1, 0.15) is 0 Å². The number of nitrogens with two attached hydrogens (primary N) is 1. The third-order valence-corrected chi connectivity index (χ3v) is 1.26. The molecule has 0 atom stereocenters. The van der Waals surface area contributed by atoms with Gasteiger partial charge in [-0.1, -0.05) is 19.0 Å². The molecule has 4 nitrogen and oxygen atoms in total. The number of aromatic nitrogens is 1. The topological polar surface area (TPSA) is 64.1 Å². The zero-order chi connectivity index (χ0) is 8.27. The molecule has 0 saturated heterocycles. The predicted octanol–water partition coefficient (Wildman–Crippen LogP) is 0.755. The predicted molar refractivity (Wildman–Crippen MR) is 42.9 cm³/mol. The molecule has 0 aliphatic carbocycles. The van der Waals surface area contributed by atoms with E-state index in [0.717, 1.165) is 5.76 Å². The van der Waals surface area contributed by atoms with Crippen molar-refractivity contribution in [1.29, 1.82) is 0 Å². The van der Waals surface area contributed by atoms with Crippen molar-refractivity contribution >= 4 is 5.82 Å². The highest BCUT2D eigenvalue weighted by Gasteiger charge is 2.00. The molecular weight excluding hydrogens is 142 g/mol. The number of nitrogen functional groups attached to an aromatic ring is 1. The van der Waals surface area contributed by atoms with Crippen LogP contribution in [0.1, 0.15) is 19.6 Å². The molecule has 1 rings (SSSR count). The van der Waals surface area contributed by atoms with E-state index in [1.165, 1.54) is 0 Å². The first-order valence-electron chi connectivity index (χ1n) is 3.63. The Bertz CT molecular complexity index is 219. The van der Waals surface area contributed by atoms with Gasteiger partial charge in [-0.15, -0.1) is 0 Å². The van der Waals surface area contributed by atoms with Crippen LogP contribution in [-0.2, 0) is 6.54 Å². The third kappa shape index (κ3) is 2.59. The molecule has 0 aliphatic heterocycles. The molecule has 0 saturated carbocycles. The largest absolute Gasteiger partial charge is 0.381 e. The maximum atomic E-state index is 5.35. The first-order valence-corrected chi connectivity index (χ1v) is 3.63. The van der Waals surface area contributed by atoms with Crippen LogP contribution in [0.25, 0.3) is 0 Å². The number of anilines is 1. The molecule has 11 heavy (non-hydrogen) atoms. The van der Waals surface area contributed by atoms with Crippen LogP contribution < -0.4 is 11.1 Å². The molecule has 1 aromatic rings. The van der Waals surface area contributed by atoms with Gasteiger partial charge in [-0.3, -0.25) is 0 Å². The second-order valence-corrected chi connectivity index (χ2v) is 2.75. The Morgan fingerprint density at radius 1 is 1.73 bits per heavy atom. The SMILES string of the molecule is CC(C)NCc1cc(N)no1. The van der Waals surface area contributed by atoms with Crippen LogP contribution in [0.15, 0.2) is 10.6 Å². The lowest BCUT2D eigenvalue weighted by atomic mass is 10.3. The second-order valence-electron chi connectivity index (χ2n) is 2.75. The van der Waals surface area contributed by atoms with Crippen molar-refractivity contribution in [3.8, 4) is 0 Å².